The fraction of sp³-hybridized carbons (Fsp3) is 0.467. The van der Waals surface area contributed by atoms with Crippen LogP contribution in [0.1, 0.15) is 36.8 Å². The molecule has 1 saturated carbocycles. The molecule has 1 aliphatic rings. The minimum absolute atomic E-state index is 0.229. The van der Waals surface area contributed by atoms with Crippen LogP contribution in [0.2, 0.25) is 0 Å². The molecule has 106 valence electrons. The van der Waals surface area contributed by atoms with Gasteiger partial charge in [0, 0.05) is 12.6 Å². The van der Waals surface area contributed by atoms with Crippen LogP contribution in [0.4, 0.5) is 4.39 Å². The summed E-state index contributed by atoms with van der Waals surface area (Å²) in [5.41, 5.74) is 1.05. The van der Waals surface area contributed by atoms with Crippen LogP contribution in [-0.2, 0) is 11.3 Å². The van der Waals surface area contributed by atoms with E-state index in [1.54, 1.807) is 6.07 Å². The number of carboxylic acids is 1. The largest absolute Gasteiger partial charge is 0.481 e. The van der Waals surface area contributed by atoms with Gasteiger partial charge >= 0.3 is 5.97 Å². The van der Waals surface area contributed by atoms with Crippen LogP contribution in [0.25, 0.3) is 0 Å². The Kier molecular flexibility index (Phi) is 4.70. The van der Waals surface area contributed by atoms with Gasteiger partial charge in [0.05, 0.1) is 17.6 Å². The topological polar surface area (TPSA) is 73.1 Å². The summed E-state index contributed by atoms with van der Waals surface area (Å²) in [7, 11) is 0. The summed E-state index contributed by atoms with van der Waals surface area (Å²) in [5, 5.41) is 21.0. The molecule has 0 heterocycles. The van der Waals surface area contributed by atoms with E-state index >= 15 is 0 Å². The number of nitriles is 1. The van der Waals surface area contributed by atoms with Crippen molar-refractivity contribution in [3.05, 3.63) is 35.1 Å². The summed E-state index contributed by atoms with van der Waals surface area (Å²) in [5.74, 6) is -1.35. The zero-order valence-corrected chi connectivity index (χ0v) is 11.1. The minimum atomic E-state index is -0.716. The molecule has 20 heavy (non-hydrogen) atoms. The van der Waals surface area contributed by atoms with Crippen LogP contribution < -0.4 is 5.32 Å². The van der Waals surface area contributed by atoms with Gasteiger partial charge in [0.2, 0.25) is 0 Å². The zero-order chi connectivity index (χ0) is 14.5. The van der Waals surface area contributed by atoms with E-state index in [2.05, 4.69) is 5.32 Å². The molecule has 1 fully saturated rings. The molecule has 0 amide bonds. The van der Waals surface area contributed by atoms with Gasteiger partial charge in [0.1, 0.15) is 5.82 Å². The molecule has 2 N–H and O–H groups in total. The van der Waals surface area contributed by atoms with Crippen molar-refractivity contribution in [2.75, 3.05) is 0 Å². The van der Waals surface area contributed by atoms with Crippen LogP contribution >= 0.6 is 0 Å². The number of nitrogens with zero attached hydrogens (tertiary/aromatic N) is 1. The van der Waals surface area contributed by atoms with Crippen LogP contribution in [0.15, 0.2) is 18.2 Å². The van der Waals surface area contributed by atoms with Crippen molar-refractivity contribution in [1.29, 1.82) is 5.26 Å². The first-order valence-corrected chi connectivity index (χ1v) is 6.74. The summed E-state index contributed by atoms with van der Waals surface area (Å²) < 4.78 is 13.3. The molecule has 4 nitrogen and oxygen atoms in total. The van der Waals surface area contributed by atoms with Crippen molar-refractivity contribution in [1.82, 2.24) is 5.32 Å². The van der Waals surface area contributed by atoms with Crippen LogP contribution in [0.3, 0.4) is 0 Å². The molecule has 0 bridgehead atoms. The summed E-state index contributed by atoms with van der Waals surface area (Å²) >= 11 is 0. The number of carboxylic acid groups (broad SMARTS) is 1. The third kappa shape index (κ3) is 3.78. The number of aliphatic carboxylic acids is 1. The average Bonchev–Trinajstić information content (AvgIpc) is 2.45. The maximum atomic E-state index is 13.3. The zero-order valence-electron chi connectivity index (χ0n) is 11.1. The average molecular weight is 276 g/mol. The number of carbonyl (C=O) groups is 1. The minimum Gasteiger partial charge on any atom is -0.481 e. The van der Waals surface area contributed by atoms with Crippen LogP contribution in [0.5, 0.6) is 0 Å². The van der Waals surface area contributed by atoms with E-state index in [1.807, 2.05) is 6.07 Å². The highest BCUT2D eigenvalue weighted by Gasteiger charge is 2.25. The first-order valence-electron chi connectivity index (χ1n) is 6.74. The molecule has 0 aliphatic heterocycles. The van der Waals surface area contributed by atoms with Gasteiger partial charge in [-0.1, -0.05) is 0 Å². The number of rotatable bonds is 4. The van der Waals surface area contributed by atoms with Crippen molar-refractivity contribution in [3.8, 4) is 6.07 Å². The molecular weight excluding hydrogens is 259 g/mol. The molecule has 0 saturated heterocycles. The van der Waals surface area contributed by atoms with E-state index in [0.29, 0.717) is 24.9 Å². The lowest BCUT2D eigenvalue weighted by molar-refractivity contribution is -0.142. The van der Waals surface area contributed by atoms with E-state index in [-0.39, 0.29) is 12.0 Å². The van der Waals surface area contributed by atoms with Crippen molar-refractivity contribution in [2.24, 2.45) is 5.92 Å². The van der Waals surface area contributed by atoms with E-state index < -0.39 is 11.8 Å². The summed E-state index contributed by atoms with van der Waals surface area (Å²) in [4.78, 5) is 10.9. The first kappa shape index (κ1) is 14.5. The van der Waals surface area contributed by atoms with Crippen LogP contribution in [0, 0.1) is 23.1 Å². The third-order valence-corrected chi connectivity index (χ3v) is 3.76. The summed E-state index contributed by atoms with van der Waals surface area (Å²) in [6.45, 7) is 0.495. The maximum Gasteiger partial charge on any atom is 0.306 e. The molecule has 0 spiro atoms. The van der Waals surface area contributed by atoms with E-state index in [1.165, 1.54) is 12.1 Å². The molecule has 1 aromatic rings. The van der Waals surface area contributed by atoms with Crippen molar-refractivity contribution < 1.29 is 14.3 Å². The highest BCUT2D eigenvalue weighted by Crippen LogP contribution is 2.24. The van der Waals surface area contributed by atoms with Gasteiger partial charge in [0.25, 0.3) is 0 Å². The lowest BCUT2D eigenvalue weighted by atomic mass is 9.86. The smallest absolute Gasteiger partial charge is 0.306 e. The first-order chi connectivity index (χ1) is 9.58. The van der Waals surface area contributed by atoms with Gasteiger partial charge in [-0.2, -0.15) is 5.26 Å². The standard InChI is InChI=1S/C15H17FN2O2/c16-13-6-10(8-17)5-11(7-13)9-18-14-3-1-12(2-4-14)15(19)20/h5-7,12,14,18H,1-4,9H2,(H,19,20). The normalized spacial score (nSPS) is 22.2. The SMILES string of the molecule is N#Cc1cc(F)cc(CNC2CCC(C(=O)O)CC2)c1. The predicted octanol–water partition coefficient (Wildman–Crippen LogP) is 2.43. The molecule has 5 heteroatoms. The van der Waals surface area contributed by atoms with Crippen molar-refractivity contribution in [3.63, 3.8) is 0 Å². The Morgan fingerprint density at radius 3 is 2.65 bits per heavy atom. The fourth-order valence-electron chi connectivity index (χ4n) is 2.62. The Morgan fingerprint density at radius 2 is 2.05 bits per heavy atom. The van der Waals surface area contributed by atoms with Gasteiger partial charge in [0.15, 0.2) is 0 Å². The summed E-state index contributed by atoms with van der Waals surface area (Å²) in [6, 6.07) is 6.48. The fourth-order valence-corrected chi connectivity index (χ4v) is 2.62. The van der Waals surface area contributed by atoms with Gasteiger partial charge in [-0.25, -0.2) is 4.39 Å². The molecular formula is C15H17FN2O2. The molecule has 2 rings (SSSR count). The maximum absolute atomic E-state index is 13.3. The molecule has 0 atom stereocenters. The number of benzene rings is 1. The van der Waals surface area contributed by atoms with Crippen molar-refractivity contribution >= 4 is 5.97 Å². The van der Waals surface area contributed by atoms with Gasteiger partial charge in [-0.3, -0.25) is 4.79 Å². The Labute approximate surface area is 117 Å². The van der Waals surface area contributed by atoms with Gasteiger partial charge in [-0.15, -0.1) is 0 Å². The molecule has 0 unspecified atom stereocenters. The molecule has 0 radical (unpaired) electrons. The molecule has 1 aromatic carbocycles. The Hall–Kier alpha value is -1.93. The molecule has 0 aromatic heterocycles. The van der Waals surface area contributed by atoms with Crippen molar-refractivity contribution in [2.45, 2.75) is 38.3 Å². The Morgan fingerprint density at radius 1 is 1.35 bits per heavy atom. The highest BCUT2D eigenvalue weighted by atomic mass is 19.1. The lowest BCUT2D eigenvalue weighted by Gasteiger charge is -2.27. The second-order valence-corrected chi connectivity index (χ2v) is 5.23. The Balaban J connectivity index is 1.86. The lowest BCUT2D eigenvalue weighted by Crippen LogP contribution is -2.34. The van der Waals surface area contributed by atoms with E-state index in [9.17, 15) is 9.18 Å². The Bertz CT molecular complexity index is 531. The van der Waals surface area contributed by atoms with Gasteiger partial charge < -0.3 is 10.4 Å². The highest BCUT2D eigenvalue weighted by molar-refractivity contribution is 5.70. The van der Waals surface area contributed by atoms with Gasteiger partial charge in [-0.05, 0) is 49.4 Å². The second-order valence-electron chi connectivity index (χ2n) is 5.23. The van der Waals surface area contributed by atoms with E-state index in [0.717, 1.165) is 18.4 Å². The number of hydrogen-bond acceptors (Lipinski definition) is 3. The quantitative estimate of drug-likeness (QED) is 0.885. The number of halogens is 1. The number of hydrogen-bond donors (Lipinski definition) is 2. The predicted molar refractivity (Wildman–Crippen MR) is 71.3 cm³/mol. The number of nitrogens with one attached hydrogen (secondary N) is 1. The molecule has 1 aliphatic carbocycles. The second kappa shape index (κ2) is 6.49. The van der Waals surface area contributed by atoms with Crippen LogP contribution in [-0.4, -0.2) is 17.1 Å². The summed E-state index contributed by atoms with van der Waals surface area (Å²) in [6.07, 6.45) is 2.99. The third-order valence-electron chi connectivity index (χ3n) is 3.76. The van der Waals surface area contributed by atoms with E-state index in [4.69, 9.17) is 10.4 Å². The monoisotopic (exact) mass is 276 g/mol.